The van der Waals surface area contributed by atoms with E-state index in [9.17, 15) is 9.90 Å². The number of hydrogen-bond donors (Lipinski definition) is 1. The summed E-state index contributed by atoms with van der Waals surface area (Å²) in [5.74, 6) is -0.537. The molecule has 1 aliphatic carbocycles. The molecule has 0 bridgehead atoms. The van der Waals surface area contributed by atoms with E-state index < -0.39 is 24.0 Å². The van der Waals surface area contributed by atoms with E-state index >= 15 is 0 Å². The summed E-state index contributed by atoms with van der Waals surface area (Å²) in [7, 11) is 0. The van der Waals surface area contributed by atoms with E-state index in [-0.39, 0.29) is 0 Å². The van der Waals surface area contributed by atoms with E-state index in [0.29, 0.717) is 0 Å². The summed E-state index contributed by atoms with van der Waals surface area (Å²) in [5, 5.41) is 9.26. The van der Waals surface area contributed by atoms with Crippen LogP contribution in [0, 0.1) is 0 Å². The first-order chi connectivity index (χ1) is 9.17. The standard InChI is InChI=1S/C14H22O4S/c1-19-10-6-3-7-11-12(13(15)16)18-14(17-11)8-4-2-5-9-14/h3,7,11-12H,2,4-6,8-10H2,1H3,(H,15,16)/b7-3+/t11-,12-/m1/s1. The number of thioether (sulfide) groups is 1. The first-order valence-electron chi connectivity index (χ1n) is 6.91. The number of ether oxygens (including phenoxy) is 2. The molecule has 4 nitrogen and oxygen atoms in total. The lowest BCUT2D eigenvalue weighted by atomic mass is 9.94. The molecule has 1 N–H and O–H groups in total. The van der Waals surface area contributed by atoms with Crippen molar-refractivity contribution in [2.45, 2.75) is 56.5 Å². The predicted octanol–water partition coefficient (Wildman–Crippen LogP) is 2.82. The van der Waals surface area contributed by atoms with Gasteiger partial charge in [-0.05, 0) is 31.3 Å². The lowest BCUT2D eigenvalue weighted by molar-refractivity contribution is -0.196. The second kappa shape index (κ2) is 6.77. The van der Waals surface area contributed by atoms with Gasteiger partial charge >= 0.3 is 5.97 Å². The van der Waals surface area contributed by atoms with Gasteiger partial charge in [0.25, 0.3) is 0 Å². The van der Waals surface area contributed by atoms with Crippen LogP contribution in [0.5, 0.6) is 0 Å². The second-order valence-electron chi connectivity index (χ2n) is 5.14. The van der Waals surface area contributed by atoms with Crippen LogP contribution in [0.4, 0.5) is 0 Å². The number of hydrogen-bond acceptors (Lipinski definition) is 4. The van der Waals surface area contributed by atoms with Gasteiger partial charge in [-0.1, -0.05) is 18.6 Å². The van der Waals surface area contributed by atoms with Gasteiger partial charge in [-0.25, -0.2) is 4.79 Å². The van der Waals surface area contributed by atoms with Crippen molar-refractivity contribution in [3.8, 4) is 0 Å². The topological polar surface area (TPSA) is 55.8 Å². The SMILES string of the molecule is CSCC/C=C/[C@H]1OC2(CCCCC2)O[C@H]1C(=O)O. The summed E-state index contributed by atoms with van der Waals surface area (Å²) in [6, 6.07) is 0. The molecule has 1 aliphatic heterocycles. The molecule has 0 aromatic heterocycles. The fourth-order valence-electron chi connectivity index (χ4n) is 2.71. The van der Waals surface area contributed by atoms with Gasteiger partial charge in [0.1, 0.15) is 6.10 Å². The third-order valence-corrected chi connectivity index (χ3v) is 4.31. The maximum absolute atomic E-state index is 11.3. The van der Waals surface area contributed by atoms with Crippen LogP contribution in [0.15, 0.2) is 12.2 Å². The van der Waals surface area contributed by atoms with Gasteiger partial charge in [-0.2, -0.15) is 11.8 Å². The average molecular weight is 286 g/mol. The molecule has 2 atom stereocenters. The molecule has 0 radical (unpaired) electrons. The quantitative estimate of drug-likeness (QED) is 0.622. The molecule has 2 fully saturated rings. The molecule has 2 rings (SSSR count). The third-order valence-electron chi connectivity index (χ3n) is 3.66. The molecule has 19 heavy (non-hydrogen) atoms. The van der Waals surface area contributed by atoms with Crippen LogP contribution in [-0.4, -0.2) is 41.1 Å². The van der Waals surface area contributed by atoms with E-state index in [1.54, 1.807) is 11.8 Å². The van der Waals surface area contributed by atoms with E-state index in [2.05, 4.69) is 6.26 Å². The molecule has 1 saturated heterocycles. The Bertz CT molecular complexity index is 336. The van der Waals surface area contributed by atoms with E-state index in [1.807, 2.05) is 12.2 Å². The summed E-state index contributed by atoms with van der Waals surface area (Å²) in [4.78, 5) is 11.3. The fraction of sp³-hybridized carbons (Fsp3) is 0.786. The Hall–Kier alpha value is -0.520. The van der Waals surface area contributed by atoms with Crippen molar-refractivity contribution in [2.75, 3.05) is 12.0 Å². The highest BCUT2D eigenvalue weighted by Gasteiger charge is 2.49. The summed E-state index contributed by atoms with van der Waals surface area (Å²) in [6.07, 6.45) is 10.4. The van der Waals surface area contributed by atoms with Gasteiger partial charge in [0, 0.05) is 12.8 Å². The van der Waals surface area contributed by atoms with Crippen LogP contribution in [0.2, 0.25) is 0 Å². The minimum absolute atomic E-state index is 0.447. The zero-order valence-electron chi connectivity index (χ0n) is 11.3. The minimum Gasteiger partial charge on any atom is -0.479 e. The maximum atomic E-state index is 11.3. The molecular formula is C14H22O4S. The van der Waals surface area contributed by atoms with Crippen molar-refractivity contribution in [2.24, 2.45) is 0 Å². The van der Waals surface area contributed by atoms with Crippen LogP contribution in [0.25, 0.3) is 0 Å². The molecule has 0 unspecified atom stereocenters. The molecule has 1 heterocycles. The number of carbonyl (C=O) groups is 1. The Labute approximate surface area is 118 Å². The number of rotatable bonds is 5. The van der Waals surface area contributed by atoms with Crippen molar-refractivity contribution in [3.05, 3.63) is 12.2 Å². The molecule has 1 spiro atoms. The van der Waals surface area contributed by atoms with E-state index in [0.717, 1.165) is 37.9 Å². The predicted molar refractivity (Wildman–Crippen MR) is 75.3 cm³/mol. The van der Waals surface area contributed by atoms with Crippen molar-refractivity contribution < 1.29 is 19.4 Å². The summed E-state index contributed by atoms with van der Waals surface area (Å²) >= 11 is 1.77. The first kappa shape index (κ1) is 14.9. The third kappa shape index (κ3) is 3.74. The number of carboxylic acids is 1. The Morgan fingerprint density at radius 1 is 1.37 bits per heavy atom. The van der Waals surface area contributed by atoms with Gasteiger partial charge in [-0.15, -0.1) is 0 Å². The number of aliphatic carboxylic acids is 1. The Morgan fingerprint density at radius 3 is 2.74 bits per heavy atom. The van der Waals surface area contributed by atoms with Crippen molar-refractivity contribution in [1.29, 1.82) is 0 Å². The highest BCUT2D eigenvalue weighted by molar-refractivity contribution is 7.98. The minimum atomic E-state index is -0.929. The Balaban J connectivity index is 1.99. The molecule has 5 heteroatoms. The van der Waals surface area contributed by atoms with Gasteiger partial charge < -0.3 is 14.6 Å². The number of carboxylic acid groups (broad SMARTS) is 1. The lowest BCUT2D eigenvalue weighted by Crippen LogP contribution is -2.34. The second-order valence-corrected chi connectivity index (χ2v) is 6.13. The molecule has 0 aromatic carbocycles. The molecule has 0 amide bonds. The van der Waals surface area contributed by atoms with Crippen LogP contribution < -0.4 is 0 Å². The smallest absolute Gasteiger partial charge is 0.336 e. The van der Waals surface area contributed by atoms with Gasteiger partial charge in [0.05, 0.1) is 0 Å². The summed E-state index contributed by atoms with van der Waals surface area (Å²) in [5.41, 5.74) is 0. The normalized spacial score (nSPS) is 30.2. The molecule has 2 aliphatic rings. The Kier molecular flexibility index (Phi) is 5.30. The zero-order chi connectivity index (χ0) is 13.7. The first-order valence-corrected chi connectivity index (χ1v) is 8.30. The van der Waals surface area contributed by atoms with Gasteiger partial charge in [0.2, 0.25) is 0 Å². The van der Waals surface area contributed by atoms with Crippen LogP contribution >= 0.6 is 11.8 Å². The van der Waals surface area contributed by atoms with Crippen LogP contribution in [0.1, 0.15) is 38.5 Å². The average Bonchev–Trinajstić information content (AvgIpc) is 2.74. The lowest BCUT2D eigenvalue weighted by Gasteiger charge is -2.31. The van der Waals surface area contributed by atoms with Crippen molar-refractivity contribution in [1.82, 2.24) is 0 Å². The van der Waals surface area contributed by atoms with Gasteiger partial charge in [-0.3, -0.25) is 0 Å². The zero-order valence-corrected chi connectivity index (χ0v) is 12.2. The summed E-state index contributed by atoms with van der Waals surface area (Å²) < 4.78 is 11.7. The molecule has 0 aromatic rings. The largest absolute Gasteiger partial charge is 0.479 e. The number of allylic oxidation sites excluding steroid dienone is 1. The van der Waals surface area contributed by atoms with Gasteiger partial charge in [0.15, 0.2) is 11.9 Å². The Morgan fingerprint density at radius 2 is 2.11 bits per heavy atom. The fourth-order valence-corrected chi connectivity index (χ4v) is 3.08. The molecule has 108 valence electrons. The highest BCUT2D eigenvalue weighted by atomic mass is 32.2. The highest BCUT2D eigenvalue weighted by Crippen LogP contribution is 2.40. The molecule has 1 saturated carbocycles. The summed E-state index contributed by atoms with van der Waals surface area (Å²) in [6.45, 7) is 0. The maximum Gasteiger partial charge on any atom is 0.336 e. The van der Waals surface area contributed by atoms with Crippen LogP contribution in [0.3, 0.4) is 0 Å². The van der Waals surface area contributed by atoms with Crippen molar-refractivity contribution in [3.63, 3.8) is 0 Å². The van der Waals surface area contributed by atoms with Crippen LogP contribution in [-0.2, 0) is 14.3 Å². The van der Waals surface area contributed by atoms with Crippen molar-refractivity contribution >= 4 is 17.7 Å². The van der Waals surface area contributed by atoms with E-state index in [4.69, 9.17) is 9.47 Å². The molecular weight excluding hydrogens is 264 g/mol. The van der Waals surface area contributed by atoms with E-state index in [1.165, 1.54) is 6.42 Å². The monoisotopic (exact) mass is 286 g/mol.